The van der Waals surface area contributed by atoms with Crippen LogP contribution in [0, 0.1) is 35.5 Å². The number of benzene rings is 2. The molecule has 6 bridgehead atoms. The number of carboxylic acids is 1. The number of carbonyl (C=O) groups is 5. The van der Waals surface area contributed by atoms with Gasteiger partial charge < -0.3 is 53.2 Å². The summed E-state index contributed by atoms with van der Waals surface area (Å²) in [5.74, 6) is -21.0. The first-order chi connectivity index (χ1) is 30.3. The van der Waals surface area contributed by atoms with Gasteiger partial charge in [0.2, 0.25) is 11.6 Å². The quantitative estimate of drug-likeness (QED) is 0.154. The Kier molecular flexibility index (Phi) is 12.8. The normalized spacial score (nSPS) is 32.8. The predicted molar refractivity (Wildman–Crippen MR) is 228 cm³/mol. The Hall–Kier alpha value is -5.05. The molecule has 64 heavy (non-hydrogen) atoms. The minimum atomic E-state index is -2.66. The standard InChI is InChI=1S/C42H38Br2O16.C3H8O/c1-52-25-13-19(23(43)15-27(25)54-3)31-21-11-17(7-9-29(45)56-5)35(33(31)38(48)49)40(37(21)47)59-41(51)22-12-18(8-10-30(46)57-6)36-34(39(50)58-42(36,41)60-40)32(22)20-14-26(53-2)28(55-4)16-24(20)44;1-3(2)4/h7-16,21-22,31-36,51H,1-6H3,(H,48,49);3-4H,1-2H3/b9-7+,10-8+;/t21-,22+,31+,32-,33-,34+,35+,36-,40-,41+,42-;/m1./s1. The van der Waals surface area contributed by atoms with E-state index in [1.165, 1.54) is 60.9 Å². The van der Waals surface area contributed by atoms with Crippen molar-refractivity contribution in [1.82, 2.24) is 0 Å². The number of aliphatic hydroxyl groups is 2. The Morgan fingerprint density at radius 2 is 1.19 bits per heavy atom. The Morgan fingerprint density at radius 3 is 1.66 bits per heavy atom. The van der Waals surface area contributed by atoms with E-state index in [9.17, 15) is 29.4 Å². The van der Waals surface area contributed by atoms with Crippen molar-refractivity contribution in [2.24, 2.45) is 35.5 Å². The molecule has 8 aliphatic rings. The van der Waals surface area contributed by atoms with E-state index in [0.717, 1.165) is 12.2 Å². The maximum Gasteiger partial charge on any atom is 0.330 e. The van der Waals surface area contributed by atoms with Crippen molar-refractivity contribution in [2.75, 3.05) is 42.7 Å². The van der Waals surface area contributed by atoms with Crippen molar-refractivity contribution >= 4 is 61.5 Å². The van der Waals surface area contributed by atoms with Crippen molar-refractivity contribution in [3.63, 3.8) is 0 Å². The number of halogens is 2. The lowest BCUT2D eigenvalue weighted by atomic mass is 9.54. The molecular formula is C45H46Br2O17. The third-order valence-electron chi connectivity index (χ3n) is 12.5. The molecule has 2 aliphatic heterocycles. The number of allylic oxidation sites excluding steroid dienone is 3. The average molecular weight is 1020 g/mol. The maximum atomic E-state index is 15.4. The summed E-state index contributed by atoms with van der Waals surface area (Å²) in [5, 5.41) is 32.5. The lowest BCUT2D eigenvalue weighted by molar-refractivity contribution is -0.332. The van der Waals surface area contributed by atoms with Gasteiger partial charge in [0, 0.05) is 50.9 Å². The van der Waals surface area contributed by atoms with Gasteiger partial charge in [-0.1, -0.05) is 56.2 Å². The van der Waals surface area contributed by atoms with Gasteiger partial charge in [0.05, 0.1) is 66.3 Å². The van der Waals surface area contributed by atoms with Crippen LogP contribution >= 0.6 is 31.9 Å². The fourth-order valence-corrected chi connectivity index (χ4v) is 11.4. The van der Waals surface area contributed by atoms with Crippen molar-refractivity contribution in [1.29, 1.82) is 0 Å². The van der Waals surface area contributed by atoms with Crippen LogP contribution in [0.4, 0.5) is 0 Å². The molecule has 6 aliphatic carbocycles. The first-order valence-corrected chi connectivity index (χ1v) is 21.5. The monoisotopic (exact) mass is 1020 g/mol. The fourth-order valence-electron chi connectivity index (χ4n) is 10.2. The molecule has 2 aromatic carbocycles. The molecule has 4 fully saturated rings. The molecule has 0 radical (unpaired) electrons. The molecule has 0 aromatic heterocycles. The number of esters is 3. The van der Waals surface area contributed by atoms with E-state index >= 15 is 4.79 Å². The van der Waals surface area contributed by atoms with Gasteiger partial charge >= 0.3 is 23.9 Å². The number of hydrogen-bond donors (Lipinski definition) is 3. The number of fused-ring (bicyclic) bond motifs is 1. The van der Waals surface area contributed by atoms with E-state index in [1.807, 2.05) is 0 Å². The highest BCUT2D eigenvalue weighted by atomic mass is 79.9. The van der Waals surface area contributed by atoms with Crippen LogP contribution in [0.2, 0.25) is 0 Å². The van der Waals surface area contributed by atoms with E-state index in [4.69, 9.17) is 47.7 Å². The molecule has 0 unspecified atom stereocenters. The summed E-state index contributed by atoms with van der Waals surface area (Å²) >= 11 is 7.15. The number of carboxylic acid groups (broad SMARTS) is 1. The third kappa shape index (κ3) is 7.06. The number of methoxy groups -OCH3 is 6. The third-order valence-corrected chi connectivity index (χ3v) is 13.9. The number of ether oxygens (including phenoxy) is 9. The molecule has 2 saturated carbocycles. The van der Waals surface area contributed by atoms with Crippen molar-refractivity contribution in [2.45, 2.75) is 49.1 Å². The minimum absolute atomic E-state index is 0.148. The molecule has 17 nitrogen and oxygen atoms in total. The van der Waals surface area contributed by atoms with Gasteiger partial charge in [-0.2, -0.15) is 0 Å². The Balaban J connectivity index is 0.00000147. The van der Waals surface area contributed by atoms with Crippen LogP contribution in [0.15, 0.2) is 80.8 Å². The molecule has 2 saturated heterocycles. The van der Waals surface area contributed by atoms with Gasteiger partial charge in [0.25, 0.3) is 5.79 Å². The van der Waals surface area contributed by atoms with Gasteiger partial charge in [-0.25, -0.2) is 9.59 Å². The number of rotatable bonds is 11. The zero-order valence-corrected chi connectivity index (χ0v) is 39.0. The molecule has 2 heterocycles. The van der Waals surface area contributed by atoms with Crippen LogP contribution in [0.1, 0.15) is 36.8 Å². The molecule has 342 valence electrons. The first kappa shape index (κ1) is 46.9. The minimum Gasteiger partial charge on any atom is -0.493 e. The molecule has 0 amide bonds. The summed E-state index contributed by atoms with van der Waals surface area (Å²) in [6.45, 7) is 3.44. The zero-order chi connectivity index (χ0) is 46.8. The van der Waals surface area contributed by atoms with E-state index in [-0.39, 0.29) is 17.4 Å². The van der Waals surface area contributed by atoms with Gasteiger partial charge in [-0.3, -0.25) is 19.1 Å². The number of hydrogen-bond acceptors (Lipinski definition) is 16. The lowest BCUT2D eigenvalue weighted by Gasteiger charge is -2.53. The van der Waals surface area contributed by atoms with Crippen molar-refractivity contribution < 1.29 is 81.9 Å². The molecule has 11 atom stereocenters. The topological polar surface area (TPSA) is 229 Å². The molecule has 2 aromatic rings. The Morgan fingerprint density at radius 1 is 0.719 bits per heavy atom. The average Bonchev–Trinajstić information content (AvgIpc) is 3.71. The van der Waals surface area contributed by atoms with Crippen LogP contribution in [0.3, 0.4) is 0 Å². The molecule has 2 spiro atoms. The van der Waals surface area contributed by atoms with Crippen molar-refractivity contribution in [3.05, 3.63) is 91.9 Å². The highest BCUT2D eigenvalue weighted by Gasteiger charge is 2.88. The summed E-state index contributed by atoms with van der Waals surface area (Å²) in [4.78, 5) is 68.5. The van der Waals surface area contributed by atoms with Crippen LogP contribution in [-0.4, -0.2) is 111 Å². The van der Waals surface area contributed by atoms with Crippen LogP contribution < -0.4 is 18.9 Å². The van der Waals surface area contributed by atoms with Gasteiger partial charge in [-0.15, -0.1) is 0 Å². The number of carbonyl (C=O) groups excluding carboxylic acids is 4. The second kappa shape index (κ2) is 17.4. The summed E-state index contributed by atoms with van der Waals surface area (Å²) in [7, 11) is 8.11. The highest BCUT2D eigenvalue weighted by molar-refractivity contribution is 9.10. The van der Waals surface area contributed by atoms with E-state index < -0.39 is 94.4 Å². The fraction of sp³-hybridized carbons (Fsp3) is 0.444. The largest absolute Gasteiger partial charge is 0.493 e. The smallest absolute Gasteiger partial charge is 0.330 e. The summed E-state index contributed by atoms with van der Waals surface area (Å²) < 4.78 is 52.3. The SMILES string of the molecule is CC(C)O.COC(=O)/C=C/C1=C[C@H]2[C@@H](c3cc(OC)c(OC)cc3Br)[C@@H]3C(=O)O[C@@]4(O[C@@]5(O[C@@]24O)C(=O)[C@@H]2C=C(/C=C/C(=O)OC)[C@H]5[C@H](C(=O)O)[C@H]2c2cc(OC)c(OC)cc2Br)[C@H]13. The Labute approximate surface area is 384 Å². The highest BCUT2D eigenvalue weighted by Crippen LogP contribution is 2.74. The van der Waals surface area contributed by atoms with Crippen LogP contribution in [-0.2, 0) is 47.7 Å². The zero-order valence-electron chi connectivity index (χ0n) is 35.8. The molecular weight excluding hydrogens is 972 g/mol. The summed E-state index contributed by atoms with van der Waals surface area (Å²) in [6.07, 6.45) is 7.92. The first-order valence-electron chi connectivity index (χ1n) is 19.9. The maximum absolute atomic E-state index is 15.4. The van der Waals surface area contributed by atoms with Crippen LogP contribution in [0.5, 0.6) is 23.0 Å². The Bertz CT molecular complexity index is 2420. The number of aliphatic hydroxyl groups excluding tert-OH is 1. The van der Waals surface area contributed by atoms with E-state index in [1.54, 1.807) is 44.2 Å². The molecule has 10 rings (SSSR count). The van der Waals surface area contributed by atoms with Crippen LogP contribution in [0.25, 0.3) is 0 Å². The van der Waals surface area contributed by atoms with E-state index in [0.29, 0.717) is 42.9 Å². The lowest BCUT2D eigenvalue weighted by Crippen LogP contribution is -2.67. The predicted octanol–water partition coefficient (Wildman–Crippen LogP) is 4.90. The molecule has 3 N–H and O–H groups in total. The van der Waals surface area contributed by atoms with Gasteiger partial charge in [0.1, 0.15) is 0 Å². The molecule has 19 heteroatoms. The van der Waals surface area contributed by atoms with Crippen molar-refractivity contribution in [3.8, 4) is 23.0 Å². The number of Topliss-reactive ketones (excluding diaryl/α,β-unsaturated/α-hetero) is 1. The second-order valence-electron chi connectivity index (χ2n) is 16.1. The van der Waals surface area contributed by atoms with Gasteiger partial charge in [-0.05, 0) is 60.4 Å². The second-order valence-corrected chi connectivity index (χ2v) is 17.8. The summed E-state index contributed by atoms with van der Waals surface area (Å²) in [6, 6.07) is 6.45. The van der Waals surface area contributed by atoms with Gasteiger partial charge in [0.15, 0.2) is 28.8 Å². The summed E-state index contributed by atoms with van der Waals surface area (Å²) in [5.41, 5.74) is 1.33. The van der Waals surface area contributed by atoms with E-state index in [2.05, 4.69) is 31.9 Å². The number of ketones is 1. The number of aliphatic carboxylic acids is 1.